The van der Waals surface area contributed by atoms with Crippen molar-refractivity contribution in [2.75, 3.05) is 16.8 Å². The molecule has 1 atom stereocenters. The summed E-state index contributed by atoms with van der Waals surface area (Å²) in [6.07, 6.45) is 0.00989. The fourth-order valence-corrected chi connectivity index (χ4v) is 4.18. The number of hydrogen-bond acceptors (Lipinski definition) is 5. The Morgan fingerprint density at radius 1 is 1.20 bits per heavy atom. The van der Waals surface area contributed by atoms with E-state index in [0.717, 1.165) is 16.7 Å². The van der Waals surface area contributed by atoms with Crippen molar-refractivity contribution < 1.29 is 19.5 Å². The summed E-state index contributed by atoms with van der Waals surface area (Å²) in [5, 5.41) is 12.7. The third-order valence-corrected chi connectivity index (χ3v) is 6.05. The van der Waals surface area contributed by atoms with E-state index in [9.17, 15) is 14.4 Å². The Hall–Kier alpha value is -2.55. The van der Waals surface area contributed by atoms with Gasteiger partial charge in [-0.1, -0.05) is 35.0 Å². The number of nitrogens with zero attached hydrogens (tertiary/aromatic N) is 2. The smallest absolute Gasteiger partial charge is 0.335 e. The number of carbonyl (C=O) groups is 3. The number of rotatable bonds is 5. The highest BCUT2D eigenvalue weighted by molar-refractivity contribution is 8.15. The number of hydrogen-bond donors (Lipinski definition) is 2. The van der Waals surface area contributed by atoms with Crippen LogP contribution in [0.2, 0.25) is 10.0 Å². The molecule has 0 radical (unpaired) electrons. The summed E-state index contributed by atoms with van der Waals surface area (Å²) in [4.78, 5) is 41.8. The zero-order valence-corrected chi connectivity index (χ0v) is 18.1. The number of anilines is 2. The molecule has 30 heavy (non-hydrogen) atoms. The lowest BCUT2D eigenvalue weighted by molar-refractivity contribution is -0.121. The number of thioether (sulfide) groups is 1. The molecular weight excluding hydrogens is 449 g/mol. The van der Waals surface area contributed by atoms with Gasteiger partial charge in [0.2, 0.25) is 11.8 Å². The molecule has 7 nitrogen and oxygen atoms in total. The second-order valence-electron chi connectivity index (χ2n) is 6.26. The van der Waals surface area contributed by atoms with Gasteiger partial charge in [-0.2, -0.15) is 0 Å². The number of nitrogens with one attached hydrogen (secondary N) is 1. The van der Waals surface area contributed by atoms with Crippen LogP contribution in [-0.2, 0) is 9.59 Å². The molecule has 0 aromatic heterocycles. The van der Waals surface area contributed by atoms with Crippen molar-refractivity contribution in [2.24, 2.45) is 4.99 Å². The molecule has 0 saturated carbocycles. The van der Waals surface area contributed by atoms with E-state index in [-0.39, 0.29) is 23.8 Å². The molecule has 0 aliphatic carbocycles. The van der Waals surface area contributed by atoms with Gasteiger partial charge in [-0.15, -0.1) is 0 Å². The van der Waals surface area contributed by atoms with Gasteiger partial charge in [0.15, 0.2) is 5.17 Å². The van der Waals surface area contributed by atoms with Crippen molar-refractivity contribution in [3.05, 3.63) is 58.1 Å². The summed E-state index contributed by atoms with van der Waals surface area (Å²) in [6.45, 7) is 2.33. The van der Waals surface area contributed by atoms with Gasteiger partial charge in [-0.25, -0.2) is 9.69 Å². The fraction of sp³-hybridized carbons (Fsp3) is 0.200. The van der Waals surface area contributed by atoms with Gasteiger partial charge in [0, 0.05) is 18.7 Å². The second-order valence-corrected chi connectivity index (χ2v) is 8.27. The number of carboxylic acid groups (broad SMARTS) is 1. The quantitative estimate of drug-likeness (QED) is 0.381. The molecule has 2 N–H and O–H groups in total. The molecule has 2 aromatic rings. The Labute approximate surface area is 187 Å². The van der Waals surface area contributed by atoms with Crippen LogP contribution in [0.25, 0.3) is 0 Å². The summed E-state index contributed by atoms with van der Waals surface area (Å²) in [6, 6.07) is 10.6. The van der Waals surface area contributed by atoms with Crippen molar-refractivity contribution in [3.63, 3.8) is 0 Å². The maximum absolute atomic E-state index is 12.9. The van der Waals surface area contributed by atoms with E-state index in [2.05, 4.69) is 10.3 Å². The molecule has 3 rings (SSSR count). The van der Waals surface area contributed by atoms with Crippen LogP contribution in [0.4, 0.5) is 11.4 Å². The molecule has 156 valence electrons. The first-order chi connectivity index (χ1) is 14.3. The third kappa shape index (κ3) is 4.95. The van der Waals surface area contributed by atoms with Gasteiger partial charge in [0.05, 0.1) is 21.3 Å². The zero-order valence-electron chi connectivity index (χ0n) is 15.8. The lowest BCUT2D eigenvalue weighted by atomic mass is 10.2. The van der Waals surface area contributed by atoms with Crippen LogP contribution in [0.1, 0.15) is 23.7 Å². The molecule has 2 amide bonds. The van der Waals surface area contributed by atoms with Crippen molar-refractivity contribution in [2.45, 2.75) is 18.6 Å². The van der Waals surface area contributed by atoms with Crippen LogP contribution in [-0.4, -0.2) is 39.9 Å². The highest BCUT2D eigenvalue weighted by Crippen LogP contribution is 2.32. The predicted molar refractivity (Wildman–Crippen MR) is 120 cm³/mol. The van der Waals surface area contributed by atoms with Gasteiger partial charge in [0.25, 0.3) is 0 Å². The van der Waals surface area contributed by atoms with E-state index in [1.165, 1.54) is 24.3 Å². The lowest BCUT2D eigenvalue weighted by Crippen LogP contribution is -2.31. The van der Waals surface area contributed by atoms with E-state index in [1.807, 2.05) is 6.92 Å². The molecule has 0 bridgehead atoms. The van der Waals surface area contributed by atoms with Gasteiger partial charge < -0.3 is 10.4 Å². The predicted octanol–water partition coefficient (Wildman–Crippen LogP) is 4.54. The first-order valence-electron chi connectivity index (χ1n) is 8.93. The minimum atomic E-state index is -1.08. The average Bonchev–Trinajstić information content (AvgIpc) is 2.98. The molecule has 1 heterocycles. The summed E-state index contributed by atoms with van der Waals surface area (Å²) in [5.74, 6) is -1.82. The van der Waals surface area contributed by atoms with E-state index < -0.39 is 11.2 Å². The van der Waals surface area contributed by atoms with Crippen molar-refractivity contribution in [3.8, 4) is 0 Å². The monoisotopic (exact) mass is 465 g/mol. The Bertz CT molecular complexity index is 1030. The summed E-state index contributed by atoms with van der Waals surface area (Å²) >= 11 is 13.1. The molecular formula is C20H17Cl2N3O4S. The average molecular weight is 466 g/mol. The second kappa shape index (κ2) is 9.51. The van der Waals surface area contributed by atoms with Crippen molar-refractivity contribution in [1.82, 2.24) is 0 Å². The Morgan fingerprint density at radius 2 is 1.90 bits per heavy atom. The number of amides is 2. The number of benzene rings is 2. The Morgan fingerprint density at radius 3 is 2.50 bits per heavy atom. The molecule has 2 aromatic carbocycles. The summed E-state index contributed by atoms with van der Waals surface area (Å²) in [5.41, 5.74) is 1.07. The number of imide groups is 1. The normalized spacial score (nSPS) is 16.8. The van der Waals surface area contributed by atoms with Crippen LogP contribution in [0, 0.1) is 0 Å². The Balaban J connectivity index is 1.75. The molecule has 1 fully saturated rings. The maximum Gasteiger partial charge on any atom is 0.335 e. The van der Waals surface area contributed by atoms with E-state index in [1.54, 1.807) is 18.2 Å². The number of aromatic carboxylic acids is 1. The lowest BCUT2D eigenvalue weighted by Gasteiger charge is -2.16. The molecule has 10 heteroatoms. The fourth-order valence-electron chi connectivity index (χ4n) is 2.80. The van der Waals surface area contributed by atoms with Crippen LogP contribution >= 0.6 is 35.0 Å². The van der Waals surface area contributed by atoms with Crippen LogP contribution in [0.15, 0.2) is 47.5 Å². The van der Waals surface area contributed by atoms with Gasteiger partial charge >= 0.3 is 5.97 Å². The standard InChI is InChI=1S/C20H17Cl2N3O4S/c1-2-23-20(24-12-5-8-14(21)15(22)9-12)30-16-10-17(26)25(18(16)27)13-6-3-11(4-7-13)19(28)29/h3-9,16H,2,10H2,1H3,(H,23,24)(H,28,29). The van der Waals surface area contributed by atoms with Crippen LogP contribution < -0.4 is 10.2 Å². The van der Waals surface area contributed by atoms with Gasteiger partial charge in [-0.05, 0) is 49.4 Å². The number of amidine groups is 1. The highest BCUT2D eigenvalue weighted by atomic mass is 35.5. The minimum absolute atomic E-state index is 0.00989. The minimum Gasteiger partial charge on any atom is -0.478 e. The largest absolute Gasteiger partial charge is 0.478 e. The summed E-state index contributed by atoms with van der Waals surface area (Å²) in [7, 11) is 0. The highest BCUT2D eigenvalue weighted by Gasteiger charge is 2.40. The molecule has 1 aliphatic rings. The Kier molecular flexibility index (Phi) is 7.02. The van der Waals surface area contributed by atoms with Gasteiger partial charge in [0.1, 0.15) is 5.25 Å². The number of carboxylic acids is 1. The van der Waals surface area contributed by atoms with Crippen LogP contribution in [0.3, 0.4) is 0 Å². The van der Waals surface area contributed by atoms with Crippen molar-refractivity contribution >= 4 is 69.3 Å². The van der Waals surface area contributed by atoms with Gasteiger partial charge in [-0.3, -0.25) is 14.6 Å². The first kappa shape index (κ1) is 22.1. The SMILES string of the molecule is CCN=C(Nc1ccc(Cl)c(Cl)c1)SC1CC(=O)N(c2ccc(C(=O)O)cc2)C1=O. The number of carbonyl (C=O) groups excluding carboxylic acids is 2. The van der Waals surface area contributed by atoms with E-state index >= 15 is 0 Å². The summed E-state index contributed by atoms with van der Waals surface area (Å²) < 4.78 is 0. The van der Waals surface area contributed by atoms with E-state index in [4.69, 9.17) is 28.3 Å². The topological polar surface area (TPSA) is 99.1 Å². The first-order valence-corrected chi connectivity index (χ1v) is 10.6. The zero-order chi connectivity index (χ0) is 21.8. The van der Waals surface area contributed by atoms with Crippen molar-refractivity contribution in [1.29, 1.82) is 0 Å². The number of halogens is 2. The maximum atomic E-state index is 12.9. The van der Waals surface area contributed by atoms with E-state index in [0.29, 0.717) is 33.1 Å². The molecule has 1 unspecified atom stereocenters. The molecule has 1 aliphatic heterocycles. The number of aliphatic imine (C=N–C) groups is 1. The molecule has 0 spiro atoms. The third-order valence-electron chi connectivity index (χ3n) is 4.20. The molecule has 1 saturated heterocycles. The van der Waals surface area contributed by atoms with Crippen LogP contribution in [0.5, 0.6) is 0 Å².